The van der Waals surface area contributed by atoms with Crippen molar-refractivity contribution < 1.29 is 0 Å². The van der Waals surface area contributed by atoms with E-state index >= 15 is 0 Å². The Labute approximate surface area is 115 Å². The molecule has 0 radical (unpaired) electrons. The Morgan fingerprint density at radius 2 is 1.95 bits per heavy atom. The number of hydrogen-bond acceptors (Lipinski definition) is 5. The van der Waals surface area contributed by atoms with Crippen molar-refractivity contribution in [2.75, 3.05) is 22.9 Å². The third-order valence-corrected chi connectivity index (χ3v) is 3.59. The van der Waals surface area contributed by atoms with Crippen LogP contribution in [0.15, 0.2) is 6.33 Å². The maximum atomic E-state index is 6.13. The van der Waals surface area contributed by atoms with Crippen LogP contribution < -0.4 is 16.4 Å². The van der Waals surface area contributed by atoms with Crippen LogP contribution in [0.2, 0.25) is 0 Å². The first kappa shape index (κ1) is 13.9. The quantitative estimate of drug-likeness (QED) is 0.735. The lowest BCUT2D eigenvalue weighted by Gasteiger charge is -2.16. The lowest BCUT2D eigenvalue weighted by Crippen LogP contribution is -2.18. The van der Waals surface area contributed by atoms with Gasteiger partial charge in [0.2, 0.25) is 0 Å². The molecule has 106 valence electrons. The molecule has 1 heterocycles. The van der Waals surface area contributed by atoms with Crippen molar-refractivity contribution in [3.63, 3.8) is 0 Å². The van der Waals surface area contributed by atoms with E-state index in [1.54, 1.807) is 6.33 Å². The number of nitrogens with two attached hydrogens (primary N) is 1. The maximum absolute atomic E-state index is 6.13. The lowest BCUT2D eigenvalue weighted by molar-refractivity contribution is 0.606. The minimum Gasteiger partial charge on any atom is -0.393 e. The molecule has 0 atom stereocenters. The van der Waals surface area contributed by atoms with Crippen molar-refractivity contribution >= 4 is 17.3 Å². The molecule has 0 saturated heterocycles. The molecule has 4 N–H and O–H groups in total. The van der Waals surface area contributed by atoms with E-state index in [4.69, 9.17) is 5.73 Å². The monoisotopic (exact) mass is 263 g/mol. The fourth-order valence-corrected chi connectivity index (χ4v) is 2.39. The zero-order chi connectivity index (χ0) is 13.7. The third-order valence-electron chi connectivity index (χ3n) is 3.59. The largest absolute Gasteiger partial charge is 0.393 e. The average Bonchev–Trinajstić information content (AvgIpc) is 2.86. The third kappa shape index (κ3) is 3.98. The van der Waals surface area contributed by atoms with Gasteiger partial charge in [0.05, 0.1) is 0 Å². The predicted octanol–water partition coefficient (Wildman–Crippen LogP) is 2.87. The zero-order valence-electron chi connectivity index (χ0n) is 11.9. The van der Waals surface area contributed by atoms with Gasteiger partial charge in [0.15, 0.2) is 11.6 Å². The number of nitrogen functional groups attached to an aromatic ring is 1. The van der Waals surface area contributed by atoms with Gasteiger partial charge in [-0.05, 0) is 25.2 Å². The summed E-state index contributed by atoms with van der Waals surface area (Å²) in [4.78, 5) is 8.48. The molecule has 0 unspecified atom stereocenters. The van der Waals surface area contributed by atoms with E-state index in [0.29, 0.717) is 17.6 Å². The second kappa shape index (κ2) is 6.59. The van der Waals surface area contributed by atoms with Crippen LogP contribution in [0.3, 0.4) is 0 Å². The van der Waals surface area contributed by atoms with E-state index in [2.05, 4.69) is 34.4 Å². The molecule has 2 rings (SSSR count). The number of nitrogens with one attached hydrogen (secondary N) is 2. The minimum absolute atomic E-state index is 0.515. The van der Waals surface area contributed by atoms with Gasteiger partial charge in [-0.15, -0.1) is 0 Å². The van der Waals surface area contributed by atoms with Gasteiger partial charge in [-0.1, -0.05) is 26.7 Å². The van der Waals surface area contributed by atoms with Crippen LogP contribution in [0, 0.1) is 5.92 Å². The number of hydrogen-bond donors (Lipinski definition) is 3. The highest BCUT2D eigenvalue weighted by molar-refractivity contribution is 5.74. The topological polar surface area (TPSA) is 75.9 Å². The number of anilines is 3. The highest BCUT2D eigenvalue weighted by Gasteiger charge is 2.17. The summed E-state index contributed by atoms with van der Waals surface area (Å²) in [5.41, 5.74) is 6.77. The Balaban J connectivity index is 1.96. The summed E-state index contributed by atoms with van der Waals surface area (Å²) in [5.74, 6) is 2.19. The highest BCUT2D eigenvalue weighted by Crippen LogP contribution is 2.27. The Bertz CT molecular complexity index is 399. The smallest absolute Gasteiger partial charge is 0.155 e. The molecule has 5 heteroatoms. The van der Waals surface area contributed by atoms with Crippen molar-refractivity contribution in [2.24, 2.45) is 5.92 Å². The molecular weight excluding hydrogens is 238 g/mol. The Hall–Kier alpha value is -1.52. The van der Waals surface area contributed by atoms with E-state index in [0.717, 1.165) is 24.6 Å². The number of nitrogens with zero attached hydrogens (tertiary/aromatic N) is 2. The predicted molar refractivity (Wildman–Crippen MR) is 80.3 cm³/mol. The van der Waals surface area contributed by atoms with Crippen LogP contribution in [-0.2, 0) is 0 Å². The summed E-state index contributed by atoms with van der Waals surface area (Å²) < 4.78 is 0. The molecule has 0 aliphatic heterocycles. The minimum atomic E-state index is 0.515. The van der Waals surface area contributed by atoms with Crippen LogP contribution in [0.25, 0.3) is 0 Å². The van der Waals surface area contributed by atoms with Crippen molar-refractivity contribution in [3.8, 4) is 0 Å². The van der Waals surface area contributed by atoms with E-state index in [1.807, 2.05) is 0 Å². The van der Waals surface area contributed by atoms with Gasteiger partial charge in [0.25, 0.3) is 0 Å². The van der Waals surface area contributed by atoms with Crippen LogP contribution >= 0.6 is 0 Å². The first-order chi connectivity index (χ1) is 9.16. The van der Waals surface area contributed by atoms with Gasteiger partial charge in [0, 0.05) is 12.6 Å². The molecule has 1 aromatic heterocycles. The second-order valence-corrected chi connectivity index (χ2v) is 5.72. The van der Waals surface area contributed by atoms with E-state index in [9.17, 15) is 0 Å². The van der Waals surface area contributed by atoms with Crippen molar-refractivity contribution in [2.45, 2.75) is 52.0 Å². The first-order valence-corrected chi connectivity index (χ1v) is 7.27. The summed E-state index contributed by atoms with van der Waals surface area (Å²) in [6.07, 6.45) is 7.68. The molecule has 1 aliphatic rings. The van der Waals surface area contributed by atoms with Gasteiger partial charge in [-0.2, -0.15) is 0 Å². The van der Waals surface area contributed by atoms with Gasteiger partial charge in [0.1, 0.15) is 12.0 Å². The summed E-state index contributed by atoms with van der Waals surface area (Å²) in [7, 11) is 0. The maximum Gasteiger partial charge on any atom is 0.155 e. The van der Waals surface area contributed by atoms with Crippen LogP contribution in [0.1, 0.15) is 46.0 Å². The van der Waals surface area contributed by atoms with Crippen molar-refractivity contribution in [3.05, 3.63) is 6.33 Å². The van der Waals surface area contributed by atoms with Crippen LogP contribution in [-0.4, -0.2) is 22.6 Å². The Morgan fingerprint density at radius 3 is 2.63 bits per heavy atom. The fourth-order valence-electron chi connectivity index (χ4n) is 2.39. The molecule has 1 aromatic rings. The molecule has 5 nitrogen and oxygen atoms in total. The van der Waals surface area contributed by atoms with Gasteiger partial charge >= 0.3 is 0 Å². The second-order valence-electron chi connectivity index (χ2n) is 5.72. The van der Waals surface area contributed by atoms with E-state index < -0.39 is 0 Å². The summed E-state index contributed by atoms with van der Waals surface area (Å²) in [6.45, 7) is 5.30. The van der Waals surface area contributed by atoms with E-state index in [1.165, 1.54) is 25.7 Å². The molecule has 1 fully saturated rings. The molecular formula is C14H25N5. The summed E-state index contributed by atoms with van der Waals surface area (Å²) in [5, 5.41) is 6.73. The van der Waals surface area contributed by atoms with Gasteiger partial charge in [-0.3, -0.25) is 0 Å². The molecule has 0 bridgehead atoms. The normalized spacial score (nSPS) is 15.9. The molecule has 0 amide bonds. The van der Waals surface area contributed by atoms with Crippen molar-refractivity contribution in [1.29, 1.82) is 0 Å². The number of rotatable bonds is 6. The first-order valence-electron chi connectivity index (χ1n) is 7.27. The van der Waals surface area contributed by atoms with Crippen LogP contribution in [0.4, 0.5) is 17.3 Å². The fraction of sp³-hybridized carbons (Fsp3) is 0.714. The molecule has 1 saturated carbocycles. The highest BCUT2D eigenvalue weighted by atomic mass is 15.1. The lowest BCUT2D eigenvalue weighted by atomic mass is 10.1. The van der Waals surface area contributed by atoms with Crippen molar-refractivity contribution in [1.82, 2.24) is 9.97 Å². The molecule has 0 spiro atoms. The molecule has 1 aliphatic carbocycles. The van der Waals surface area contributed by atoms with E-state index in [-0.39, 0.29) is 0 Å². The number of aromatic nitrogens is 2. The Morgan fingerprint density at radius 1 is 1.26 bits per heavy atom. The van der Waals surface area contributed by atoms with Crippen LogP contribution in [0.5, 0.6) is 0 Å². The molecule has 0 aromatic carbocycles. The SMILES string of the molecule is CC(C)CCNc1ncnc(NC2CCCC2)c1N. The average molecular weight is 263 g/mol. The molecule has 19 heavy (non-hydrogen) atoms. The summed E-state index contributed by atoms with van der Waals surface area (Å²) in [6, 6.07) is 0.515. The summed E-state index contributed by atoms with van der Waals surface area (Å²) >= 11 is 0. The standard InChI is InChI=1S/C14H25N5/c1-10(2)7-8-16-13-12(15)14(18-9-17-13)19-11-5-3-4-6-11/h9-11H,3-8,15H2,1-2H3,(H2,16,17,18,19). The van der Waals surface area contributed by atoms with Gasteiger partial charge < -0.3 is 16.4 Å². The zero-order valence-corrected chi connectivity index (χ0v) is 11.9. The van der Waals surface area contributed by atoms with Gasteiger partial charge in [-0.25, -0.2) is 9.97 Å². The Kier molecular flexibility index (Phi) is 4.82.